The number of rotatable bonds is 4. The molecule has 0 fully saturated rings. The van der Waals surface area contributed by atoms with E-state index < -0.39 is 0 Å². The fourth-order valence-electron chi connectivity index (χ4n) is 1.80. The van der Waals surface area contributed by atoms with Crippen molar-refractivity contribution in [2.45, 2.75) is 6.54 Å². The van der Waals surface area contributed by atoms with Crippen molar-refractivity contribution in [2.24, 2.45) is 0 Å². The lowest BCUT2D eigenvalue weighted by molar-refractivity contribution is -0.121. The summed E-state index contributed by atoms with van der Waals surface area (Å²) in [5.74, 6) is -0.0586. The second-order valence-corrected chi connectivity index (χ2v) is 3.92. The molecule has 0 saturated heterocycles. The largest absolute Gasteiger partial charge is 0.351 e. The van der Waals surface area contributed by atoms with Crippen LogP contribution >= 0.6 is 0 Å². The van der Waals surface area contributed by atoms with E-state index in [0.717, 1.165) is 10.9 Å². The van der Waals surface area contributed by atoms with Crippen LogP contribution in [0.15, 0.2) is 43.1 Å². The Hall–Kier alpha value is -2.54. The van der Waals surface area contributed by atoms with Crippen LogP contribution in [0.5, 0.6) is 0 Å². The van der Waals surface area contributed by atoms with Crippen LogP contribution in [0.3, 0.4) is 0 Å². The third kappa shape index (κ3) is 2.41. The molecule has 0 aliphatic carbocycles. The highest BCUT2D eigenvalue weighted by Gasteiger charge is 2.05. The van der Waals surface area contributed by atoms with E-state index in [2.05, 4.69) is 18.0 Å². The number of amides is 1. The number of nitriles is 1. The summed E-state index contributed by atoms with van der Waals surface area (Å²) in [7, 11) is 0. The molecule has 0 bridgehead atoms. The minimum atomic E-state index is -0.0586. The van der Waals surface area contributed by atoms with Crippen LogP contribution in [-0.2, 0) is 11.3 Å². The summed E-state index contributed by atoms with van der Waals surface area (Å²) in [6.07, 6.45) is 3.49. The Balaban J connectivity index is 2.22. The Morgan fingerprint density at radius 1 is 1.50 bits per heavy atom. The van der Waals surface area contributed by atoms with Gasteiger partial charge in [-0.2, -0.15) is 5.26 Å². The molecule has 1 heterocycles. The van der Waals surface area contributed by atoms with Gasteiger partial charge in [0.25, 0.3) is 0 Å². The number of aromatic nitrogens is 1. The van der Waals surface area contributed by atoms with Gasteiger partial charge in [-0.15, -0.1) is 6.58 Å². The maximum absolute atomic E-state index is 11.6. The van der Waals surface area contributed by atoms with Crippen LogP contribution in [0.25, 0.3) is 10.9 Å². The quantitative estimate of drug-likeness (QED) is 0.827. The van der Waals surface area contributed by atoms with Crippen LogP contribution in [0.4, 0.5) is 0 Å². The van der Waals surface area contributed by atoms with Crippen LogP contribution in [0, 0.1) is 11.3 Å². The maximum Gasteiger partial charge on any atom is 0.240 e. The summed E-state index contributed by atoms with van der Waals surface area (Å²) in [4.78, 5) is 11.6. The number of hydrogen-bond acceptors (Lipinski definition) is 2. The standard InChI is InChI=1S/C14H13N3O/c1-2-6-16-14(18)10-17-7-5-12-8-11(9-15)3-4-13(12)17/h2-5,7-8H,1,6,10H2,(H,16,18). The predicted molar refractivity (Wildman–Crippen MR) is 69.9 cm³/mol. The molecule has 90 valence electrons. The molecular weight excluding hydrogens is 226 g/mol. The summed E-state index contributed by atoms with van der Waals surface area (Å²) < 4.78 is 1.86. The third-order valence-electron chi connectivity index (χ3n) is 2.66. The zero-order valence-corrected chi connectivity index (χ0v) is 9.89. The van der Waals surface area contributed by atoms with Crippen molar-refractivity contribution in [3.63, 3.8) is 0 Å². The van der Waals surface area contributed by atoms with Gasteiger partial charge in [0.05, 0.1) is 11.6 Å². The molecule has 2 rings (SSSR count). The van der Waals surface area contributed by atoms with Gasteiger partial charge in [-0.25, -0.2) is 0 Å². The highest BCUT2D eigenvalue weighted by molar-refractivity contribution is 5.84. The van der Waals surface area contributed by atoms with Crippen LogP contribution in [0.2, 0.25) is 0 Å². The number of nitrogens with zero attached hydrogens (tertiary/aromatic N) is 2. The second-order valence-electron chi connectivity index (χ2n) is 3.92. The molecule has 0 aliphatic heterocycles. The molecule has 1 aromatic heterocycles. The second kappa shape index (κ2) is 5.19. The Bertz CT molecular complexity index is 634. The smallest absolute Gasteiger partial charge is 0.240 e. The highest BCUT2D eigenvalue weighted by atomic mass is 16.1. The zero-order valence-electron chi connectivity index (χ0n) is 9.89. The van der Waals surface area contributed by atoms with Gasteiger partial charge in [0.2, 0.25) is 5.91 Å². The van der Waals surface area contributed by atoms with E-state index >= 15 is 0 Å². The molecule has 0 spiro atoms. The number of fused-ring (bicyclic) bond motifs is 1. The number of carbonyl (C=O) groups is 1. The topological polar surface area (TPSA) is 57.8 Å². The first-order chi connectivity index (χ1) is 8.74. The monoisotopic (exact) mass is 239 g/mol. The first-order valence-corrected chi connectivity index (χ1v) is 5.61. The van der Waals surface area contributed by atoms with Crippen molar-refractivity contribution in [2.75, 3.05) is 6.54 Å². The molecule has 4 nitrogen and oxygen atoms in total. The Kier molecular flexibility index (Phi) is 3.44. The van der Waals surface area contributed by atoms with Gasteiger partial charge >= 0.3 is 0 Å². The molecule has 0 aliphatic rings. The van der Waals surface area contributed by atoms with E-state index in [1.54, 1.807) is 12.1 Å². The number of hydrogen-bond donors (Lipinski definition) is 1. The van der Waals surface area contributed by atoms with E-state index in [9.17, 15) is 4.79 Å². The first kappa shape index (κ1) is 11.9. The van der Waals surface area contributed by atoms with Gasteiger partial charge in [0.1, 0.15) is 6.54 Å². The normalized spacial score (nSPS) is 9.94. The molecule has 0 saturated carbocycles. The van der Waals surface area contributed by atoms with Crippen LogP contribution in [-0.4, -0.2) is 17.0 Å². The summed E-state index contributed by atoms with van der Waals surface area (Å²) in [5, 5.41) is 12.5. The van der Waals surface area contributed by atoms with Crippen LogP contribution < -0.4 is 5.32 Å². The zero-order chi connectivity index (χ0) is 13.0. The van der Waals surface area contributed by atoms with E-state index in [4.69, 9.17) is 5.26 Å². The number of carbonyl (C=O) groups excluding carboxylic acids is 1. The average molecular weight is 239 g/mol. The van der Waals surface area contributed by atoms with E-state index in [1.165, 1.54) is 0 Å². The van der Waals surface area contributed by atoms with E-state index in [1.807, 2.05) is 29.0 Å². The molecular formula is C14H13N3O. The lowest BCUT2D eigenvalue weighted by Crippen LogP contribution is -2.27. The Morgan fingerprint density at radius 2 is 2.33 bits per heavy atom. The third-order valence-corrected chi connectivity index (χ3v) is 2.66. The molecule has 18 heavy (non-hydrogen) atoms. The van der Waals surface area contributed by atoms with Gasteiger partial charge in [-0.05, 0) is 24.3 Å². The molecule has 0 atom stereocenters. The van der Waals surface area contributed by atoms with E-state index in [-0.39, 0.29) is 12.5 Å². The molecule has 1 aromatic carbocycles. The Morgan fingerprint density at radius 3 is 3.06 bits per heavy atom. The summed E-state index contributed by atoms with van der Waals surface area (Å²) in [6.45, 7) is 4.28. The van der Waals surface area contributed by atoms with Crippen molar-refractivity contribution in [3.05, 3.63) is 48.7 Å². The van der Waals surface area contributed by atoms with Gasteiger partial charge in [-0.1, -0.05) is 6.08 Å². The van der Waals surface area contributed by atoms with Gasteiger partial charge < -0.3 is 9.88 Å². The minimum absolute atomic E-state index is 0.0586. The predicted octanol–water partition coefficient (Wildman–Crippen LogP) is 1.82. The van der Waals surface area contributed by atoms with Crippen molar-refractivity contribution < 1.29 is 4.79 Å². The van der Waals surface area contributed by atoms with E-state index in [0.29, 0.717) is 12.1 Å². The average Bonchev–Trinajstić information content (AvgIpc) is 2.78. The molecule has 2 aromatic rings. The summed E-state index contributed by atoms with van der Waals surface area (Å²) in [6, 6.07) is 9.42. The number of nitrogens with one attached hydrogen (secondary N) is 1. The highest BCUT2D eigenvalue weighted by Crippen LogP contribution is 2.17. The lowest BCUT2D eigenvalue weighted by atomic mass is 10.2. The van der Waals surface area contributed by atoms with Crippen LogP contribution in [0.1, 0.15) is 5.56 Å². The van der Waals surface area contributed by atoms with Crippen molar-refractivity contribution in [1.29, 1.82) is 5.26 Å². The Labute approximate surface area is 105 Å². The molecule has 0 unspecified atom stereocenters. The fourth-order valence-corrected chi connectivity index (χ4v) is 1.80. The SMILES string of the molecule is C=CCNC(=O)Cn1ccc2cc(C#N)ccc21. The fraction of sp³-hybridized carbons (Fsp3) is 0.143. The maximum atomic E-state index is 11.6. The lowest BCUT2D eigenvalue weighted by Gasteiger charge is -2.05. The van der Waals surface area contributed by atoms with Crippen molar-refractivity contribution >= 4 is 16.8 Å². The van der Waals surface area contributed by atoms with Gasteiger partial charge in [-0.3, -0.25) is 4.79 Å². The first-order valence-electron chi connectivity index (χ1n) is 5.61. The van der Waals surface area contributed by atoms with Gasteiger partial charge in [0, 0.05) is 23.6 Å². The van der Waals surface area contributed by atoms with Crippen molar-refractivity contribution in [1.82, 2.24) is 9.88 Å². The minimum Gasteiger partial charge on any atom is -0.351 e. The molecule has 1 N–H and O–H groups in total. The molecule has 1 amide bonds. The summed E-state index contributed by atoms with van der Waals surface area (Å²) >= 11 is 0. The number of benzene rings is 1. The molecule has 0 radical (unpaired) electrons. The van der Waals surface area contributed by atoms with Crippen molar-refractivity contribution in [3.8, 4) is 6.07 Å². The van der Waals surface area contributed by atoms with Gasteiger partial charge in [0.15, 0.2) is 0 Å². The molecule has 4 heteroatoms. The summed E-state index contributed by atoms with van der Waals surface area (Å²) in [5.41, 5.74) is 1.57.